The molecular formula is C39H65N9O5S. The van der Waals surface area contributed by atoms with Gasteiger partial charge in [-0.3, -0.25) is 24.7 Å². The van der Waals surface area contributed by atoms with Gasteiger partial charge in [-0.25, -0.2) is 10.5 Å². The lowest BCUT2D eigenvalue weighted by Crippen LogP contribution is -2.59. The van der Waals surface area contributed by atoms with Gasteiger partial charge in [0.1, 0.15) is 28.6 Å². The summed E-state index contributed by atoms with van der Waals surface area (Å²) in [7, 11) is 7.39. The number of carbonyl (C=O) groups excluding carboxylic acids is 3. The lowest BCUT2D eigenvalue weighted by atomic mass is 9.80. The summed E-state index contributed by atoms with van der Waals surface area (Å²) >= 11 is 1.35. The van der Waals surface area contributed by atoms with E-state index in [1.165, 1.54) is 11.3 Å². The molecule has 1 aromatic carbocycles. The highest BCUT2D eigenvalue weighted by atomic mass is 32.1. The van der Waals surface area contributed by atoms with Crippen LogP contribution in [0.3, 0.4) is 0 Å². The Bertz CT molecular complexity index is 1550. The predicted octanol–water partition coefficient (Wildman–Crippen LogP) is 4.70. The molecule has 6 atom stereocenters. The molecule has 0 saturated heterocycles. The van der Waals surface area contributed by atoms with Gasteiger partial charge in [0.15, 0.2) is 5.84 Å². The van der Waals surface area contributed by atoms with Crippen molar-refractivity contribution in [2.75, 3.05) is 34.8 Å². The highest BCUT2D eigenvalue weighted by molar-refractivity contribution is 7.09. The van der Waals surface area contributed by atoms with E-state index in [2.05, 4.69) is 61.3 Å². The van der Waals surface area contributed by atoms with E-state index in [-0.39, 0.29) is 52.5 Å². The Hall–Kier alpha value is -3.79. The molecule has 1 aliphatic rings. The zero-order valence-electron chi connectivity index (χ0n) is 34.4. The Kier molecular flexibility index (Phi) is 16.7. The van der Waals surface area contributed by atoms with Crippen molar-refractivity contribution in [3.8, 4) is 5.75 Å². The van der Waals surface area contributed by atoms with Gasteiger partial charge in [-0.15, -0.1) is 21.6 Å². The molecule has 5 N–H and O–H groups in total. The number of hydrogen-bond donors (Lipinski definition) is 5. The van der Waals surface area contributed by atoms with Gasteiger partial charge in [0.2, 0.25) is 11.8 Å². The number of phenols is 1. The van der Waals surface area contributed by atoms with Crippen molar-refractivity contribution in [2.45, 2.75) is 118 Å². The van der Waals surface area contributed by atoms with E-state index in [4.69, 9.17) is 9.72 Å². The molecule has 6 unspecified atom stereocenters. The van der Waals surface area contributed by atoms with E-state index in [1.54, 1.807) is 46.7 Å². The molecule has 54 heavy (non-hydrogen) atoms. The van der Waals surface area contributed by atoms with Crippen LogP contribution in [0.4, 0.5) is 0 Å². The molecule has 2 heterocycles. The van der Waals surface area contributed by atoms with Crippen LogP contribution in [-0.4, -0.2) is 108 Å². The molecule has 0 fully saturated rings. The summed E-state index contributed by atoms with van der Waals surface area (Å²) in [6.45, 7) is 17.0. The molecule has 2 aromatic rings. The summed E-state index contributed by atoms with van der Waals surface area (Å²) in [6.07, 6.45) is 2.73. The summed E-state index contributed by atoms with van der Waals surface area (Å²) in [4.78, 5) is 50.4. The van der Waals surface area contributed by atoms with Gasteiger partial charge >= 0.3 is 0 Å². The maximum absolute atomic E-state index is 14.4. The number of likely N-dealkylation sites (N-methyl/N-ethyl adjacent to an activating group) is 2. The minimum Gasteiger partial charge on any atom is -0.508 e. The van der Waals surface area contributed by atoms with Crippen LogP contribution < -0.4 is 21.6 Å². The van der Waals surface area contributed by atoms with Gasteiger partial charge in [0.05, 0.1) is 12.1 Å². The Balaban J connectivity index is 1.84. The zero-order chi connectivity index (χ0) is 40.3. The van der Waals surface area contributed by atoms with Gasteiger partial charge in [-0.05, 0) is 61.9 Å². The molecular weight excluding hydrogens is 707 g/mol. The second kappa shape index (κ2) is 20.2. The van der Waals surface area contributed by atoms with Gasteiger partial charge in [-0.2, -0.15) is 0 Å². The number of thiazole rings is 1. The fraction of sp³-hybridized carbons (Fsp3) is 0.667. The number of aromatic hydroxyl groups is 1. The minimum atomic E-state index is -0.697. The normalized spacial score (nSPS) is 16.8. The van der Waals surface area contributed by atoms with Crippen LogP contribution >= 0.6 is 11.3 Å². The molecule has 0 bridgehead atoms. The topological polar surface area (TPSA) is 164 Å². The van der Waals surface area contributed by atoms with Crippen molar-refractivity contribution in [3.63, 3.8) is 0 Å². The van der Waals surface area contributed by atoms with Crippen molar-refractivity contribution in [2.24, 2.45) is 22.4 Å². The largest absolute Gasteiger partial charge is 0.508 e. The van der Waals surface area contributed by atoms with E-state index < -0.39 is 24.2 Å². The monoisotopic (exact) mass is 771 g/mol. The average molecular weight is 772 g/mol. The minimum absolute atomic E-state index is 0.0586. The number of benzene rings is 1. The first-order valence-corrected chi connectivity index (χ1v) is 20.0. The number of ether oxygens (including phenoxy) is 1. The van der Waals surface area contributed by atoms with Gasteiger partial charge in [0.25, 0.3) is 5.91 Å². The van der Waals surface area contributed by atoms with Gasteiger partial charge in [-0.1, -0.05) is 73.9 Å². The highest BCUT2D eigenvalue weighted by Gasteiger charge is 2.40. The lowest BCUT2D eigenvalue weighted by Gasteiger charge is -2.40. The Morgan fingerprint density at radius 1 is 1.06 bits per heavy atom. The molecule has 3 amide bonds. The molecule has 0 saturated carbocycles. The quantitative estimate of drug-likeness (QED) is 0.120. The smallest absolute Gasteiger partial charge is 0.271 e. The Labute approximate surface area is 326 Å². The van der Waals surface area contributed by atoms with Crippen LogP contribution in [0.5, 0.6) is 5.75 Å². The third-order valence-corrected chi connectivity index (χ3v) is 11.4. The standard InChI is InChI=1S/C39H65N9O5S/c1-13-20-53-31(22-30(24(4)5)47(11)38(52)32(25(6)14-2)42-36(51)33(46(9)10)39(7,8)15-3)37-41-29(23-54-37)35(50)40-28(34-43-45-48(12)44-34)21-26-16-18-27(49)19-17-26/h16-19,23-25,28,30-33,45,49H,13-15,20-22H2,1-12H3,(H,40,50)(H,42,51)(H,43,44). The number of aromatic nitrogens is 1. The number of hydrazone groups is 1. The zero-order valence-corrected chi connectivity index (χ0v) is 35.2. The number of hydrazine groups is 2. The van der Waals surface area contributed by atoms with Crippen LogP contribution in [0.25, 0.3) is 0 Å². The van der Waals surface area contributed by atoms with E-state index >= 15 is 0 Å². The lowest BCUT2D eigenvalue weighted by molar-refractivity contribution is -0.142. The first-order valence-electron chi connectivity index (χ1n) is 19.2. The first-order chi connectivity index (χ1) is 25.4. The fourth-order valence-electron chi connectivity index (χ4n) is 6.74. The molecule has 0 aliphatic carbocycles. The van der Waals surface area contributed by atoms with E-state index in [0.29, 0.717) is 30.3 Å². The van der Waals surface area contributed by atoms with Gasteiger partial charge < -0.3 is 25.4 Å². The molecule has 15 heteroatoms. The van der Waals surface area contributed by atoms with Crippen LogP contribution in [0.1, 0.15) is 108 Å². The van der Waals surface area contributed by atoms with Crippen molar-refractivity contribution in [1.82, 2.24) is 41.5 Å². The van der Waals surface area contributed by atoms with Crippen molar-refractivity contribution >= 4 is 34.9 Å². The number of amidine groups is 1. The number of hydrogen-bond acceptors (Lipinski definition) is 12. The number of carbonyl (C=O) groups is 3. The van der Waals surface area contributed by atoms with E-state index in [9.17, 15) is 19.5 Å². The number of rotatable bonds is 21. The highest BCUT2D eigenvalue weighted by Crippen LogP contribution is 2.32. The fourth-order valence-corrected chi connectivity index (χ4v) is 7.60. The third-order valence-electron chi connectivity index (χ3n) is 10.4. The Morgan fingerprint density at radius 2 is 1.72 bits per heavy atom. The van der Waals surface area contributed by atoms with Crippen molar-refractivity contribution in [3.05, 3.63) is 45.9 Å². The average Bonchev–Trinajstić information content (AvgIpc) is 3.80. The molecule has 0 radical (unpaired) electrons. The molecule has 14 nitrogen and oxygen atoms in total. The third kappa shape index (κ3) is 11.9. The molecule has 1 aliphatic heterocycles. The van der Waals surface area contributed by atoms with Crippen LogP contribution in [0, 0.1) is 17.3 Å². The SMILES string of the molecule is CCCOC(CC(C(C)C)N(C)C(=O)C(NC(=O)C(N(C)C)C(C)(C)CC)C(C)CC)c1nc(C(=O)NC(Cc2ccc(O)cc2)C2=NNN(C)N2)cs1. The first kappa shape index (κ1) is 44.6. The maximum atomic E-state index is 14.4. The molecule has 0 spiro atoms. The maximum Gasteiger partial charge on any atom is 0.271 e. The van der Waals surface area contributed by atoms with Crippen LogP contribution in [-0.2, 0) is 20.7 Å². The number of phenolic OH excluding ortho intramolecular Hbond substituents is 1. The second-order valence-electron chi connectivity index (χ2n) is 15.7. The van der Waals surface area contributed by atoms with Crippen molar-refractivity contribution in [1.29, 1.82) is 0 Å². The number of nitrogens with zero attached hydrogens (tertiary/aromatic N) is 5. The summed E-state index contributed by atoms with van der Waals surface area (Å²) in [5.41, 5.74) is 6.79. The summed E-state index contributed by atoms with van der Waals surface area (Å²) in [5.74, 6) is 0.0103. The van der Waals surface area contributed by atoms with E-state index in [0.717, 1.165) is 24.8 Å². The number of amides is 3. The van der Waals surface area contributed by atoms with Gasteiger partial charge in [0, 0.05) is 45.0 Å². The summed E-state index contributed by atoms with van der Waals surface area (Å²) in [5, 5.41) is 24.3. The van der Waals surface area contributed by atoms with Crippen LogP contribution in [0.2, 0.25) is 0 Å². The summed E-state index contributed by atoms with van der Waals surface area (Å²) in [6, 6.07) is 4.96. The van der Waals surface area contributed by atoms with Crippen molar-refractivity contribution < 1.29 is 24.2 Å². The summed E-state index contributed by atoms with van der Waals surface area (Å²) < 4.78 is 6.38. The molecule has 302 valence electrons. The Morgan fingerprint density at radius 3 is 2.26 bits per heavy atom. The van der Waals surface area contributed by atoms with E-state index in [1.807, 2.05) is 46.8 Å². The number of nitrogens with one attached hydrogen (secondary N) is 4. The molecule has 3 rings (SSSR count). The second-order valence-corrected chi connectivity index (χ2v) is 16.6. The predicted molar refractivity (Wildman–Crippen MR) is 215 cm³/mol. The van der Waals surface area contributed by atoms with Crippen LogP contribution in [0.15, 0.2) is 34.7 Å². The molecule has 1 aromatic heterocycles.